The highest BCUT2D eigenvalue weighted by atomic mass is 127. The van der Waals surface area contributed by atoms with E-state index in [2.05, 4.69) is 73.1 Å². The van der Waals surface area contributed by atoms with Gasteiger partial charge in [-0.05, 0) is 18.1 Å². The van der Waals surface area contributed by atoms with Crippen molar-refractivity contribution in [2.24, 2.45) is 4.99 Å². The SMILES string of the molecule is CCc1nncn1CCNC(=NCCCOC)N(C)Cc1ccccc1Br.I. The lowest BCUT2D eigenvalue weighted by atomic mass is 10.2. The number of nitrogens with one attached hydrogen (secondary N) is 1. The van der Waals surface area contributed by atoms with Crippen molar-refractivity contribution in [3.05, 3.63) is 46.5 Å². The zero-order valence-corrected chi connectivity index (χ0v) is 20.7. The lowest BCUT2D eigenvalue weighted by Crippen LogP contribution is -2.40. The van der Waals surface area contributed by atoms with E-state index in [1.807, 2.05) is 6.07 Å². The minimum absolute atomic E-state index is 0. The minimum Gasteiger partial charge on any atom is -0.385 e. The molecule has 0 aliphatic carbocycles. The molecule has 0 aliphatic heterocycles. The number of ether oxygens (including phenoxy) is 1. The Morgan fingerprint density at radius 3 is 2.86 bits per heavy atom. The number of aryl methyl sites for hydroxylation is 1. The van der Waals surface area contributed by atoms with Crippen LogP contribution in [-0.2, 0) is 24.2 Å². The first-order valence-corrected chi connectivity index (χ1v) is 10.0. The van der Waals surface area contributed by atoms with Crippen molar-refractivity contribution in [2.45, 2.75) is 32.9 Å². The van der Waals surface area contributed by atoms with Gasteiger partial charge in [0.1, 0.15) is 12.2 Å². The molecule has 0 fully saturated rings. The van der Waals surface area contributed by atoms with Crippen LogP contribution in [0.3, 0.4) is 0 Å². The third-order valence-electron chi connectivity index (χ3n) is 4.14. The fourth-order valence-corrected chi connectivity index (χ4v) is 3.10. The molecule has 0 saturated heterocycles. The Labute approximate surface area is 193 Å². The van der Waals surface area contributed by atoms with Crippen LogP contribution >= 0.6 is 39.9 Å². The highest BCUT2D eigenvalue weighted by Crippen LogP contribution is 2.17. The Balaban J connectivity index is 0.00000392. The summed E-state index contributed by atoms with van der Waals surface area (Å²) in [5.41, 5.74) is 1.22. The summed E-state index contributed by atoms with van der Waals surface area (Å²) in [5, 5.41) is 11.6. The molecule has 0 radical (unpaired) electrons. The monoisotopic (exact) mass is 564 g/mol. The van der Waals surface area contributed by atoms with Crippen LogP contribution in [0.5, 0.6) is 0 Å². The molecule has 0 atom stereocenters. The Morgan fingerprint density at radius 1 is 1.36 bits per heavy atom. The van der Waals surface area contributed by atoms with Gasteiger partial charge in [0.05, 0.1) is 0 Å². The minimum atomic E-state index is 0. The number of hydrogen-bond acceptors (Lipinski definition) is 4. The van der Waals surface area contributed by atoms with E-state index in [1.54, 1.807) is 13.4 Å². The molecule has 0 spiro atoms. The molecule has 0 unspecified atom stereocenters. The fourth-order valence-electron chi connectivity index (χ4n) is 2.69. The second-order valence-electron chi connectivity index (χ2n) is 6.22. The van der Waals surface area contributed by atoms with E-state index in [9.17, 15) is 0 Å². The van der Waals surface area contributed by atoms with Gasteiger partial charge in [-0.1, -0.05) is 41.1 Å². The summed E-state index contributed by atoms with van der Waals surface area (Å²) in [6, 6.07) is 8.25. The average Bonchev–Trinajstić information content (AvgIpc) is 3.13. The summed E-state index contributed by atoms with van der Waals surface area (Å²) in [6.07, 6.45) is 3.55. The van der Waals surface area contributed by atoms with Crippen LogP contribution in [0, 0.1) is 0 Å². The number of rotatable bonds is 10. The molecule has 1 N–H and O–H groups in total. The maximum Gasteiger partial charge on any atom is 0.194 e. The van der Waals surface area contributed by atoms with Crippen LogP contribution in [-0.4, -0.2) is 59.5 Å². The Morgan fingerprint density at radius 2 is 2.14 bits per heavy atom. The number of guanidine groups is 1. The summed E-state index contributed by atoms with van der Waals surface area (Å²) in [4.78, 5) is 6.88. The summed E-state index contributed by atoms with van der Waals surface area (Å²) in [5.74, 6) is 1.88. The lowest BCUT2D eigenvalue weighted by Gasteiger charge is -2.23. The molecule has 2 aromatic rings. The zero-order chi connectivity index (χ0) is 19.5. The third kappa shape index (κ3) is 8.04. The molecule has 0 amide bonds. The van der Waals surface area contributed by atoms with Gasteiger partial charge in [0.25, 0.3) is 0 Å². The normalized spacial score (nSPS) is 11.2. The van der Waals surface area contributed by atoms with Gasteiger partial charge >= 0.3 is 0 Å². The maximum atomic E-state index is 5.12. The highest BCUT2D eigenvalue weighted by molar-refractivity contribution is 14.0. The summed E-state index contributed by atoms with van der Waals surface area (Å²) in [7, 11) is 3.77. The highest BCUT2D eigenvalue weighted by Gasteiger charge is 2.09. The predicted molar refractivity (Wildman–Crippen MR) is 127 cm³/mol. The van der Waals surface area contributed by atoms with Gasteiger partial charge in [-0.3, -0.25) is 4.99 Å². The van der Waals surface area contributed by atoms with Crippen molar-refractivity contribution in [3.63, 3.8) is 0 Å². The molecule has 156 valence electrons. The van der Waals surface area contributed by atoms with E-state index in [1.165, 1.54) is 5.56 Å². The largest absolute Gasteiger partial charge is 0.385 e. The van der Waals surface area contributed by atoms with Crippen LogP contribution in [0.25, 0.3) is 0 Å². The second-order valence-corrected chi connectivity index (χ2v) is 7.07. The van der Waals surface area contributed by atoms with Gasteiger partial charge in [-0.25, -0.2) is 0 Å². The van der Waals surface area contributed by atoms with E-state index < -0.39 is 0 Å². The summed E-state index contributed by atoms with van der Waals surface area (Å²) in [6.45, 7) is 5.85. The van der Waals surface area contributed by atoms with Crippen molar-refractivity contribution in [1.29, 1.82) is 0 Å². The van der Waals surface area contributed by atoms with E-state index in [4.69, 9.17) is 9.73 Å². The van der Waals surface area contributed by atoms with Crippen LogP contribution in [0.1, 0.15) is 24.7 Å². The third-order valence-corrected chi connectivity index (χ3v) is 4.92. The molecule has 7 nitrogen and oxygen atoms in total. The Hall–Kier alpha value is -1.20. The smallest absolute Gasteiger partial charge is 0.194 e. The molecule has 1 aromatic heterocycles. The fraction of sp³-hybridized carbons (Fsp3) is 0.526. The topological polar surface area (TPSA) is 67.6 Å². The van der Waals surface area contributed by atoms with Gasteiger partial charge in [0, 0.05) is 57.8 Å². The van der Waals surface area contributed by atoms with Crippen LogP contribution in [0.15, 0.2) is 40.1 Å². The number of aliphatic imine (C=N–C) groups is 1. The number of aromatic nitrogens is 3. The zero-order valence-electron chi connectivity index (χ0n) is 16.8. The molecule has 1 aromatic carbocycles. The maximum absolute atomic E-state index is 5.12. The van der Waals surface area contributed by atoms with Gasteiger partial charge in [-0.15, -0.1) is 34.2 Å². The first kappa shape index (κ1) is 24.8. The second kappa shape index (κ2) is 13.9. The van der Waals surface area contributed by atoms with Crippen LogP contribution in [0.2, 0.25) is 0 Å². The van der Waals surface area contributed by atoms with E-state index in [0.717, 1.165) is 55.3 Å². The van der Waals surface area contributed by atoms with Crippen molar-refractivity contribution in [3.8, 4) is 0 Å². The molecular formula is C19H30BrIN6O. The number of hydrogen-bond donors (Lipinski definition) is 1. The van der Waals surface area contributed by atoms with Crippen LogP contribution < -0.4 is 5.32 Å². The molecule has 9 heteroatoms. The molecule has 2 rings (SSSR count). The predicted octanol–water partition coefficient (Wildman–Crippen LogP) is 3.34. The molecular weight excluding hydrogens is 535 g/mol. The van der Waals surface area contributed by atoms with Gasteiger partial charge < -0.3 is 19.5 Å². The molecule has 28 heavy (non-hydrogen) atoms. The summed E-state index contributed by atoms with van der Waals surface area (Å²) < 4.78 is 8.30. The first-order chi connectivity index (χ1) is 13.2. The van der Waals surface area contributed by atoms with Gasteiger partial charge in [-0.2, -0.15) is 0 Å². The Bertz CT molecular complexity index is 724. The molecule has 1 heterocycles. The van der Waals surface area contributed by atoms with Crippen molar-refractivity contribution >= 4 is 45.9 Å². The van der Waals surface area contributed by atoms with Crippen molar-refractivity contribution in [2.75, 3.05) is 33.9 Å². The first-order valence-electron chi connectivity index (χ1n) is 9.24. The average molecular weight is 565 g/mol. The number of nitrogens with zero attached hydrogens (tertiary/aromatic N) is 5. The van der Waals surface area contributed by atoms with Gasteiger partial charge in [0.2, 0.25) is 0 Å². The standard InChI is InChI=1S/C19H29BrN6O.HI/c1-4-18-24-23-15-26(18)12-11-22-19(21-10-7-13-27-3)25(2)14-16-8-5-6-9-17(16)20;/h5-6,8-9,15H,4,7,10-14H2,1-3H3,(H,21,22);1H. The molecule has 0 bridgehead atoms. The number of benzene rings is 1. The quantitative estimate of drug-likeness (QED) is 0.207. The Kier molecular flexibility index (Phi) is 12.3. The van der Waals surface area contributed by atoms with E-state index in [0.29, 0.717) is 6.61 Å². The van der Waals surface area contributed by atoms with Crippen LogP contribution in [0.4, 0.5) is 0 Å². The summed E-state index contributed by atoms with van der Waals surface area (Å²) >= 11 is 3.62. The molecule has 0 aliphatic rings. The van der Waals surface area contributed by atoms with E-state index >= 15 is 0 Å². The lowest BCUT2D eigenvalue weighted by molar-refractivity contribution is 0.197. The van der Waals surface area contributed by atoms with Gasteiger partial charge in [0.15, 0.2) is 5.96 Å². The number of halogens is 2. The molecule has 0 saturated carbocycles. The van der Waals surface area contributed by atoms with Crippen molar-refractivity contribution < 1.29 is 4.74 Å². The van der Waals surface area contributed by atoms with E-state index in [-0.39, 0.29) is 24.0 Å². The number of methoxy groups -OCH3 is 1. The van der Waals surface area contributed by atoms with Crippen molar-refractivity contribution in [1.82, 2.24) is 25.0 Å².